The van der Waals surface area contributed by atoms with Gasteiger partial charge in [-0.25, -0.2) is 9.59 Å². The fraction of sp³-hybridized carbons (Fsp3) is 0.467. The van der Waals surface area contributed by atoms with Crippen molar-refractivity contribution in [3.8, 4) is 0 Å². The van der Waals surface area contributed by atoms with Gasteiger partial charge < -0.3 is 10.1 Å². The van der Waals surface area contributed by atoms with E-state index in [1.54, 1.807) is 10.6 Å². The molecule has 1 fully saturated rings. The van der Waals surface area contributed by atoms with E-state index in [0.717, 1.165) is 19.3 Å². The van der Waals surface area contributed by atoms with Crippen LogP contribution in [0.15, 0.2) is 23.0 Å². The Morgan fingerprint density at radius 3 is 2.80 bits per heavy atom. The molecule has 20 heavy (non-hydrogen) atoms. The molecule has 0 amide bonds. The second kappa shape index (κ2) is 4.23. The number of carboxylic acid groups (broad SMARTS) is 1. The standard InChI is InChI=1S/C15H18N2O3/c1-15(2)7-6-9(8-15)17-11-5-3-4-10(13(18)19)12(11)16-14(17)20/h3-5,9H,6-8H2,1-2H3,(H,16,20)(H,18,19). The first-order chi connectivity index (χ1) is 9.39. The molecule has 106 valence electrons. The van der Waals surface area contributed by atoms with Gasteiger partial charge in [0.05, 0.1) is 16.6 Å². The van der Waals surface area contributed by atoms with Gasteiger partial charge >= 0.3 is 11.7 Å². The van der Waals surface area contributed by atoms with Gasteiger partial charge in [-0.1, -0.05) is 19.9 Å². The summed E-state index contributed by atoms with van der Waals surface area (Å²) in [5.74, 6) is -1.02. The number of rotatable bonds is 2. The second-order valence-electron chi connectivity index (χ2n) is 6.37. The predicted molar refractivity (Wildman–Crippen MR) is 76.2 cm³/mol. The number of carboxylic acids is 1. The van der Waals surface area contributed by atoms with Crippen molar-refractivity contribution in [2.75, 3.05) is 0 Å². The first-order valence-electron chi connectivity index (χ1n) is 6.85. The average Bonchev–Trinajstić information content (AvgIpc) is 2.87. The summed E-state index contributed by atoms with van der Waals surface area (Å²) in [5.41, 5.74) is 1.29. The summed E-state index contributed by atoms with van der Waals surface area (Å²) < 4.78 is 1.73. The smallest absolute Gasteiger partial charge is 0.337 e. The fourth-order valence-corrected chi connectivity index (χ4v) is 3.31. The molecule has 1 aliphatic rings. The maximum atomic E-state index is 12.2. The molecule has 1 saturated carbocycles. The average molecular weight is 274 g/mol. The summed E-state index contributed by atoms with van der Waals surface area (Å²) in [6.07, 6.45) is 2.98. The summed E-state index contributed by atoms with van der Waals surface area (Å²) in [5, 5.41) is 9.20. The van der Waals surface area contributed by atoms with Gasteiger partial charge in [0.15, 0.2) is 0 Å². The van der Waals surface area contributed by atoms with Crippen molar-refractivity contribution in [1.82, 2.24) is 9.55 Å². The number of hydrogen-bond acceptors (Lipinski definition) is 2. The van der Waals surface area contributed by atoms with Crippen LogP contribution < -0.4 is 5.69 Å². The lowest BCUT2D eigenvalue weighted by atomic mass is 9.92. The van der Waals surface area contributed by atoms with Crippen molar-refractivity contribution in [1.29, 1.82) is 0 Å². The number of aromatic nitrogens is 2. The van der Waals surface area contributed by atoms with Gasteiger partial charge in [-0.15, -0.1) is 0 Å². The molecule has 0 radical (unpaired) electrons. The highest BCUT2D eigenvalue weighted by Gasteiger charge is 2.33. The quantitative estimate of drug-likeness (QED) is 0.884. The Labute approximate surface area is 116 Å². The maximum absolute atomic E-state index is 12.2. The summed E-state index contributed by atoms with van der Waals surface area (Å²) in [4.78, 5) is 26.2. The van der Waals surface area contributed by atoms with Crippen LogP contribution in [0.3, 0.4) is 0 Å². The summed E-state index contributed by atoms with van der Waals surface area (Å²) in [7, 11) is 0. The van der Waals surface area contributed by atoms with Crippen LogP contribution >= 0.6 is 0 Å². The highest BCUT2D eigenvalue weighted by Crippen LogP contribution is 2.43. The number of H-pyrrole nitrogens is 1. The van der Waals surface area contributed by atoms with Crippen LogP contribution in [0.5, 0.6) is 0 Å². The third-order valence-corrected chi connectivity index (χ3v) is 4.29. The van der Waals surface area contributed by atoms with E-state index in [2.05, 4.69) is 18.8 Å². The molecule has 1 atom stereocenters. The molecule has 0 spiro atoms. The third kappa shape index (κ3) is 1.94. The van der Waals surface area contributed by atoms with Crippen LogP contribution in [0.4, 0.5) is 0 Å². The molecule has 0 aliphatic heterocycles. The van der Waals surface area contributed by atoms with E-state index in [1.165, 1.54) is 6.07 Å². The van der Waals surface area contributed by atoms with Crippen LogP contribution in [0.25, 0.3) is 11.0 Å². The minimum absolute atomic E-state index is 0.148. The number of imidazole rings is 1. The van der Waals surface area contributed by atoms with E-state index in [0.29, 0.717) is 11.0 Å². The zero-order chi connectivity index (χ0) is 14.5. The normalized spacial score (nSPS) is 21.4. The minimum Gasteiger partial charge on any atom is -0.478 e. The summed E-state index contributed by atoms with van der Waals surface area (Å²) in [6.45, 7) is 4.41. The Balaban J connectivity index is 2.18. The van der Waals surface area contributed by atoms with Crippen molar-refractivity contribution < 1.29 is 9.90 Å². The number of para-hydroxylation sites is 1. The Morgan fingerprint density at radius 2 is 2.20 bits per heavy atom. The minimum atomic E-state index is -1.02. The molecule has 5 nitrogen and oxygen atoms in total. The molecule has 1 aliphatic carbocycles. The third-order valence-electron chi connectivity index (χ3n) is 4.29. The van der Waals surface area contributed by atoms with Gasteiger partial charge in [-0.3, -0.25) is 4.57 Å². The highest BCUT2D eigenvalue weighted by atomic mass is 16.4. The number of nitrogens with one attached hydrogen (secondary N) is 1. The maximum Gasteiger partial charge on any atom is 0.337 e. The van der Waals surface area contributed by atoms with Crippen LogP contribution in [0.1, 0.15) is 49.5 Å². The molecule has 1 heterocycles. The van der Waals surface area contributed by atoms with E-state index >= 15 is 0 Å². The molecular formula is C15H18N2O3. The van der Waals surface area contributed by atoms with Crippen LogP contribution in [-0.4, -0.2) is 20.6 Å². The molecule has 1 aromatic heterocycles. The largest absolute Gasteiger partial charge is 0.478 e. The van der Waals surface area contributed by atoms with E-state index in [9.17, 15) is 14.7 Å². The van der Waals surface area contributed by atoms with Crippen molar-refractivity contribution in [3.05, 3.63) is 34.2 Å². The molecule has 1 unspecified atom stereocenters. The number of aromatic carboxylic acids is 1. The van der Waals surface area contributed by atoms with Gasteiger partial charge in [-0.05, 0) is 36.8 Å². The SMILES string of the molecule is CC1(C)CCC(n2c(=O)[nH]c3c(C(=O)O)cccc32)C1. The van der Waals surface area contributed by atoms with Gasteiger partial charge in [0.2, 0.25) is 0 Å². The Morgan fingerprint density at radius 1 is 1.45 bits per heavy atom. The number of aromatic amines is 1. The van der Waals surface area contributed by atoms with Crippen molar-refractivity contribution >= 4 is 17.0 Å². The van der Waals surface area contributed by atoms with Crippen LogP contribution in [-0.2, 0) is 0 Å². The van der Waals surface area contributed by atoms with Crippen molar-refractivity contribution in [2.45, 2.75) is 39.2 Å². The van der Waals surface area contributed by atoms with Gasteiger partial charge in [-0.2, -0.15) is 0 Å². The second-order valence-corrected chi connectivity index (χ2v) is 6.37. The monoisotopic (exact) mass is 274 g/mol. The zero-order valence-corrected chi connectivity index (χ0v) is 11.6. The van der Waals surface area contributed by atoms with E-state index in [1.807, 2.05) is 6.07 Å². The molecule has 1 aromatic carbocycles. The number of fused-ring (bicyclic) bond motifs is 1. The van der Waals surface area contributed by atoms with E-state index < -0.39 is 5.97 Å². The Bertz CT molecular complexity index is 739. The molecule has 5 heteroatoms. The van der Waals surface area contributed by atoms with Gasteiger partial charge in [0.1, 0.15) is 0 Å². The van der Waals surface area contributed by atoms with Crippen molar-refractivity contribution in [2.24, 2.45) is 5.41 Å². The molecule has 0 saturated heterocycles. The van der Waals surface area contributed by atoms with Gasteiger partial charge in [0, 0.05) is 6.04 Å². The predicted octanol–water partition coefficient (Wildman–Crippen LogP) is 2.78. The zero-order valence-electron chi connectivity index (χ0n) is 11.6. The van der Waals surface area contributed by atoms with Gasteiger partial charge in [0.25, 0.3) is 0 Å². The lowest BCUT2D eigenvalue weighted by Crippen LogP contribution is -2.21. The molecular weight excluding hydrogens is 256 g/mol. The van der Waals surface area contributed by atoms with Crippen LogP contribution in [0, 0.1) is 5.41 Å². The number of carbonyl (C=O) groups is 1. The van der Waals surface area contributed by atoms with E-state index in [4.69, 9.17) is 0 Å². The molecule has 3 rings (SSSR count). The van der Waals surface area contributed by atoms with E-state index in [-0.39, 0.29) is 22.7 Å². The number of benzene rings is 1. The topological polar surface area (TPSA) is 75.1 Å². The number of hydrogen-bond donors (Lipinski definition) is 2. The fourth-order valence-electron chi connectivity index (χ4n) is 3.31. The van der Waals surface area contributed by atoms with Crippen molar-refractivity contribution in [3.63, 3.8) is 0 Å². The Kier molecular flexibility index (Phi) is 2.74. The lowest BCUT2D eigenvalue weighted by molar-refractivity contribution is 0.0699. The highest BCUT2D eigenvalue weighted by molar-refractivity contribution is 6.00. The first kappa shape index (κ1) is 13.0. The van der Waals surface area contributed by atoms with Crippen LogP contribution in [0.2, 0.25) is 0 Å². The molecule has 2 aromatic rings. The molecule has 2 N–H and O–H groups in total. The lowest BCUT2D eigenvalue weighted by Gasteiger charge is -2.17. The summed E-state index contributed by atoms with van der Waals surface area (Å²) >= 11 is 0. The Hall–Kier alpha value is -2.04. The first-order valence-corrected chi connectivity index (χ1v) is 6.85. The summed E-state index contributed by atoms with van der Waals surface area (Å²) in [6, 6.07) is 5.17. The number of nitrogens with zero attached hydrogens (tertiary/aromatic N) is 1. The molecule has 0 bridgehead atoms.